The zero-order valence-corrected chi connectivity index (χ0v) is 16.6. The Morgan fingerprint density at radius 3 is 2.90 bits per heavy atom. The average Bonchev–Trinajstić information content (AvgIpc) is 3.48. The summed E-state index contributed by atoms with van der Waals surface area (Å²) in [6, 6.07) is 9.66. The van der Waals surface area contributed by atoms with Crippen molar-refractivity contribution in [3.05, 3.63) is 65.6 Å². The van der Waals surface area contributed by atoms with Gasteiger partial charge in [0.05, 0.1) is 25.2 Å². The molecule has 1 aromatic carbocycles. The standard InChI is InChI=1S/C22H21N5O3/c1-14-10-23-20-16(11-24-27(20)12-14)21(29)25-8-7-22-18(25)9-19(28)26(22)13-17(30-22)15-5-3-2-4-6-15/h2-6,10-12,17-18H,7-9,13H2,1H3/t17-,18-,22+/m1/s1. The van der Waals surface area contributed by atoms with Crippen molar-refractivity contribution in [1.82, 2.24) is 24.4 Å². The molecule has 3 aromatic rings. The molecule has 30 heavy (non-hydrogen) atoms. The zero-order chi connectivity index (χ0) is 20.5. The van der Waals surface area contributed by atoms with E-state index in [0.29, 0.717) is 37.1 Å². The van der Waals surface area contributed by atoms with Crippen LogP contribution < -0.4 is 0 Å². The topological polar surface area (TPSA) is 80.0 Å². The van der Waals surface area contributed by atoms with Crippen molar-refractivity contribution in [3.8, 4) is 0 Å². The largest absolute Gasteiger partial charge is 0.343 e. The number of fused-ring (bicyclic) bond motifs is 1. The SMILES string of the molecule is Cc1cnc2c(C(=O)N3CC[C@@]45O[C@@H](c6ccccc6)CN4C(=O)C[C@@H]35)cnn2c1. The van der Waals surface area contributed by atoms with Gasteiger partial charge in [-0.2, -0.15) is 5.10 Å². The number of ether oxygens (including phenoxy) is 1. The van der Waals surface area contributed by atoms with Gasteiger partial charge in [-0.15, -0.1) is 0 Å². The highest BCUT2D eigenvalue weighted by Crippen LogP contribution is 2.50. The van der Waals surface area contributed by atoms with E-state index in [2.05, 4.69) is 10.1 Å². The van der Waals surface area contributed by atoms with Crippen LogP contribution in [0.2, 0.25) is 0 Å². The smallest absolute Gasteiger partial charge is 0.259 e. The third-order valence-corrected chi connectivity index (χ3v) is 6.58. The normalized spacial score (nSPS) is 27.7. The van der Waals surface area contributed by atoms with Crippen molar-refractivity contribution in [3.63, 3.8) is 0 Å². The van der Waals surface area contributed by atoms with Gasteiger partial charge in [0.2, 0.25) is 5.91 Å². The maximum atomic E-state index is 13.4. The number of hydrogen-bond donors (Lipinski definition) is 0. The highest BCUT2D eigenvalue weighted by Gasteiger charge is 2.65. The molecule has 0 radical (unpaired) electrons. The second kappa shape index (κ2) is 6.12. The van der Waals surface area contributed by atoms with Gasteiger partial charge in [-0.05, 0) is 18.1 Å². The maximum Gasteiger partial charge on any atom is 0.259 e. The number of hydrogen-bond acceptors (Lipinski definition) is 5. The summed E-state index contributed by atoms with van der Waals surface area (Å²) < 4.78 is 8.15. The first-order valence-corrected chi connectivity index (χ1v) is 10.2. The Balaban J connectivity index is 1.33. The van der Waals surface area contributed by atoms with Gasteiger partial charge in [0.15, 0.2) is 11.4 Å². The molecule has 0 saturated carbocycles. The number of nitrogens with zero attached hydrogens (tertiary/aromatic N) is 5. The second-order valence-electron chi connectivity index (χ2n) is 8.29. The van der Waals surface area contributed by atoms with E-state index in [1.807, 2.05) is 48.4 Å². The summed E-state index contributed by atoms with van der Waals surface area (Å²) in [4.78, 5) is 34.3. The third kappa shape index (κ3) is 2.31. The molecule has 2 aromatic heterocycles. The summed E-state index contributed by atoms with van der Waals surface area (Å²) in [5.74, 6) is -0.103. The second-order valence-corrected chi connectivity index (χ2v) is 8.29. The molecule has 2 amide bonds. The number of carbonyl (C=O) groups is 2. The van der Waals surface area contributed by atoms with Crippen LogP contribution in [0.3, 0.4) is 0 Å². The fraction of sp³-hybridized carbons (Fsp3) is 0.364. The highest BCUT2D eigenvalue weighted by molar-refractivity contribution is 6.00. The molecule has 8 nitrogen and oxygen atoms in total. The van der Waals surface area contributed by atoms with Crippen LogP contribution >= 0.6 is 0 Å². The highest BCUT2D eigenvalue weighted by atomic mass is 16.5. The molecule has 0 N–H and O–H groups in total. The fourth-order valence-electron chi connectivity index (χ4n) is 5.18. The molecule has 3 aliphatic rings. The predicted octanol–water partition coefficient (Wildman–Crippen LogP) is 1.95. The van der Waals surface area contributed by atoms with Crippen molar-refractivity contribution < 1.29 is 14.3 Å². The van der Waals surface area contributed by atoms with Crippen LogP contribution in [0.1, 0.15) is 40.4 Å². The number of rotatable bonds is 2. The third-order valence-electron chi connectivity index (χ3n) is 6.58. The Bertz CT molecular complexity index is 1180. The van der Waals surface area contributed by atoms with E-state index in [4.69, 9.17) is 4.74 Å². The van der Waals surface area contributed by atoms with E-state index in [9.17, 15) is 9.59 Å². The van der Waals surface area contributed by atoms with Gasteiger partial charge >= 0.3 is 0 Å². The maximum absolute atomic E-state index is 13.4. The first-order valence-electron chi connectivity index (χ1n) is 10.2. The van der Waals surface area contributed by atoms with E-state index in [1.54, 1.807) is 21.8 Å². The molecule has 1 spiro atoms. The van der Waals surface area contributed by atoms with Crippen LogP contribution in [0.25, 0.3) is 5.65 Å². The lowest BCUT2D eigenvalue weighted by Crippen LogP contribution is -2.48. The molecule has 6 rings (SSSR count). The number of likely N-dealkylation sites (tertiary alicyclic amines) is 1. The molecule has 0 bridgehead atoms. The summed E-state index contributed by atoms with van der Waals surface area (Å²) >= 11 is 0. The summed E-state index contributed by atoms with van der Waals surface area (Å²) in [5, 5.41) is 4.29. The molecular weight excluding hydrogens is 382 g/mol. The Kier molecular flexibility index (Phi) is 3.59. The van der Waals surface area contributed by atoms with E-state index in [-0.39, 0.29) is 24.0 Å². The average molecular weight is 403 g/mol. The quantitative estimate of drug-likeness (QED) is 0.654. The van der Waals surface area contributed by atoms with Crippen LogP contribution in [0.5, 0.6) is 0 Å². The first kappa shape index (κ1) is 17.6. The van der Waals surface area contributed by atoms with Crippen molar-refractivity contribution in [1.29, 1.82) is 0 Å². The molecule has 3 saturated heterocycles. The van der Waals surface area contributed by atoms with Crippen molar-refractivity contribution >= 4 is 17.5 Å². The minimum atomic E-state index is -0.736. The number of aryl methyl sites for hydroxylation is 1. The molecule has 5 heterocycles. The van der Waals surface area contributed by atoms with Crippen LogP contribution in [-0.2, 0) is 9.53 Å². The summed E-state index contributed by atoms with van der Waals surface area (Å²) in [7, 11) is 0. The fourth-order valence-corrected chi connectivity index (χ4v) is 5.18. The molecule has 152 valence electrons. The molecule has 0 aliphatic carbocycles. The number of amides is 2. The Morgan fingerprint density at radius 1 is 1.23 bits per heavy atom. The van der Waals surface area contributed by atoms with E-state index >= 15 is 0 Å². The van der Waals surface area contributed by atoms with Gasteiger partial charge in [0.1, 0.15) is 11.7 Å². The lowest BCUT2D eigenvalue weighted by Gasteiger charge is -2.31. The van der Waals surface area contributed by atoms with E-state index in [1.165, 1.54) is 0 Å². The Hall–Kier alpha value is -3.26. The minimum absolute atomic E-state index is 0.0459. The Morgan fingerprint density at radius 2 is 2.07 bits per heavy atom. The molecule has 3 aliphatic heterocycles. The van der Waals surface area contributed by atoms with Gasteiger partial charge in [-0.25, -0.2) is 9.50 Å². The van der Waals surface area contributed by atoms with E-state index in [0.717, 1.165) is 11.1 Å². The number of carbonyl (C=O) groups excluding carboxylic acids is 2. The lowest BCUT2D eigenvalue weighted by atomic mass is 10.1. The van der Waals surface area contributed by atoms with Crippen molar-refractivity contribution in [2.45, 2.75) is 37.6 Å². The van der Waals surface area contributed by atoms with Crippen LogP contribution in [0, 0.1) is 6.92 Å². The van der Waals surface area contributed by atoms with Gasteiger partial charge < -0.3 is 14.5 Å². The molecule has 3 atom stereocenters. The van der Waals surface area contributed by atoms with Gasteiger partial charge in [0, 0.05) is 25.4 Å². The van der Waals surface area contributed by atoms with Gasteiger partial charge in [-0.3, -0.25) is 9.59 Å². The molecule has 0 unspecified atom stereocenters. The summed E-state index contributed by atoms with van der Waals surface area (Å²) in [5.41, 5.74) is 2.27. The number of benzene rings is 1. The summed E-state index contributed by atoms with van der Waals surface area (Å²) in [6.07, 6.45) is 5.87. The van der Waals surface area contributed by atoms with Crippen LogP contribution in [0.15, 0.2) is 48.9 Å². The Labute approximate surface area is 173 Å². The monoisotopic (exact) mass is 403 g/mol. The first-order chi connectivity index (χ1) is 14.6. The van der Waals surface area contributed by atoms with Crippen LogP contribution in [0.4, 0.5) is 0 Å². The predicted molar refractivity (Wildman–Crippen MR) is 106 cm³/mol. The molecule has 3 fully saturated rings. The summed E-state index contributed by atoms with van der Waals surface area (Å²) in [6.45, 7) is 3.00. The van der Waals surface area contributed by atoms with Crippen molar-refractivity contribution in [2.75, 3.05) is 13.1 Å². The van der Waals surface area contributed by atoms with Crippen LogP contribution in [-0.4, -0.2) is 61.1 Å². The molecular formula is C22H21N5O3. The van der Waals surface area contributed by atoms with E-state index < -0.39 is 5.72 Å². The number of aromatic nitrogens is 3. The zero-order valence-electron chi connectivity index (χ0n) is 16.6. The van der Waals surface area contributed by atoms with Crippen molar-refractivity contribution in [2.24, 2.45) is 0 Å². The van der Waals surface area contributed by atoms with Gasteiger partial charge in [-0.1, -0.05) is 30.3 Å². The molecule has 8 heteroatoms. The lowest BCUT2D eigenvalue weighted by molar-refractivity contribution is -0.138. The minimum Gasteiger partial charge on any atom is -0.343 e. The van der Waals surface area contributed by atoms with Gasteiger partial charge in [0.25, 0.3) is 5.91 Å².